The molecular formula is C13H12BrClFNO4. The topological polar surface area (TPSA) is 66.8 Å². The van der Waals surface area contributed by atoms with Crippen LogP contribution in [-0.4, -0.2) is 47.2 Å². The third kappa shape index (κ3) is 3.65. The highest BCUT2D eigenvalue weighted by molar-refractivity contribution is 9.10. The van der Waals surface area contributed by atoms with E-state index in [1.54, 1.807) is 18.2 Å². The summed E-state index contributed by atoms with van der Waals surface area (Å²) in [6.07, 6.45) is -0.215. The van der Waals surface area contributed by atoms with Crippen molar-refractivity contribution in [2.45, 2.75) is 12.1 Å². The Morgan fingerprint density at radius 3 is 2.81 bits per heavy atom. The van der Waals surface area contributed by atoms with Crippen LogP contribution in [0.3, 0.4) is 0 Å². The SMILES string of the molecule is O=C(COc1ccc(Br)cc1Cl)N1CCC(F)(C(=O)O)C1. The number of benzene rings is 1. The third-order valence-electron chi connectivity index (χ3n) is 3.20. The lowest BCUT2D eigenvalue weighted by Crippen LogP contribution is -2.40. The zero-order chi connectivity index (χ0) is 15.6. The Labute approximate surface area is 133 Å². The van der Waals surface area contributed by atoms with Crippen molar-refractivity contribution in [1.82, 2.24) is 4.90 Å². The van der Waals surface area contributed by atoms with E-state index in [9.17, 15) is 14.0 Å². The number of likely N-dealkylation sites (tertiary alicyclic amines) is 1. The number of alkyl halides is 1. The highest BCUT2D eigenvalue weighted by atomic mass is 79.9. The molecule has 5 nitrogen and oxygen atoms in total. The molecule has 0 bridgehead atoms. The van der Waals surface area contributed by atoms with Gasteiger partial charge in [-0.15, -0.1) is 0 Å². The van der Waals surface area contributed by atoms with Gasteiger partial charge in [-0.25, -0.2) is 9.18 Å². The molecule has 1 aromatic rings. The van der Waals surface area contributed by atoms with Crippen LogP contribution in [0.2, 0.25) is 5.02 Å². The largest absolute Gasteiger partial charge is 0.482 e. The Morgan fingerprint density at radius 2 is 2.24 bits per heavy atom. The fourth-order valence-corrected chi connectivity index (χ4v) is 2.71. The number of carboxylic acid groups (broad SMARTS) is 1. The van der Waals surface area contributed by atoms with Crippen molar-refractivity contribution in [2.75, 3.05) is 19.7 Å². The minimum absolute atomic E-state index is 0.0546. The predicted molar refractivity (Wildman–Crippen MR) is 77.3 cm³/mol. The zero-order valence-corrected chi connectivity index (χ0v) is 13.2. The molecule has 114 valence electrons. The van der Waals surface area contributed by atoms with Crippen molar-refractivity contribution in [3.8, 4) is 5.75 Å². The van der Waals surface area contributed by atoms with E-state index in [1.165, 1.54) is 0 Å². The van der Waals surface area contributed by atoms with Gasteiger partial charge >= 0.3 is 5.97 Å². The van der Waals surface area contributed by atoms with Gasteiger partial charge in [0.1, 0.15) is 5.75 Å². The molecule has 0 spiro atoms. The first-order valence-corrected chi connectivity index (χ1v) is 7.27. The zero-order valence-electron chi connectivity index (χ0n) is 10.8. The number of rotatable bonds is 4. The van der Waals surface area contributed by atoms with E-state index in [4.69, 9.17) is 21.4 Å². The monoisotopic (exact) mass is 379 g/mol. The van der Waals surface area contributed by atoms with Crippen LogP contribution < -0.4 is 4.74 Å². The molecule has 1 N–H and O–H groups in total. The van der Waals surface area contributed by atoms with Crippen molar-refractivity contribution in [1.29, 1.82) is 0 Å². The smallest absolute Gasteiger partial charge is 0.343 e. The molecule has 1 unspecified atom stereocenters. The van der Waals surface area contributed by atoms with Crippen LogP contribution in [0, 0.1) is 0 Å². The number of nitrogens with zero attached hydrogens (tertiary/aromatic N) is 1. The molecule has 1 saturated heterocycles. The second-order valence-electron chi connectivity index (χ2n) is 4.70. The van der Waals surface area contributed by atoms with Crippen LogP contribution in [0.5, 0.6) is 5.75 Å². The first-order valence-electron chi connectivity index (χ1n) is 6.10. The summed E-state index contributed by atoms with van der Waals surface area (Å²) in [5.41, 5.74) is -2.37. The summed E-state index contributed by atoms with van der Waals surface area (Å²) in [4.78, 5) is 23.8. The molecule has 1 fully saturated rings. The van der Waals surface area contributed by atoms with Gasteiger partial charge in [0, 0.05) is 17.4 Å². The average Bonchev–Trinajstić information content (AvgIpc) is 2.82. The Hall–Kier alpha value is -1.34. The molecule has 1 heterocycles. The van der Waals surface area contributed by atoms with E-state index in [0.717, 1.165) is 9.37 Å². The molecule has 0 aliphatic carbocycles. The molecule has 0 radical (unpaired) electrons. The average molecular weight is 381 g/mol. The third-order valence-corrected chi connectivity index (χ3v) is 3.99. The Morgan fingerprint density at radius 1 is 1.52 bits per heavy atom. The number of carbonyl (C=O) groups is 2. The quantitative estimate of drug-likeness (QED) is 0.871. The fourth-order valence-electron chi connectivity index (χ4n) is 1.98. The number of carbonyl (C=O) groups excluding carboxylic acids is 1. The van der Waals surface area contributed by atoms with Crippen molar-refractivity contribution in [3.05, 3.63) is 27.7 Å². The summed E-state index contributed by atoms with van der Waals surface area (Å²) in [6.45, 7) is -0.727. The van der Waals surface area contributed by atoms with Gasteiger partial charge in [0.2, 0.25) is 5.67 Å². The van der Waals surface area contributed by atoms with Gasteiger partial charge in [0.05, 0.1) is 11.6 Å². The van der Waals surface area contributed by atoms with Gasteiger partial charge in [0.25, 0.3) is 5.91 Å². The Bertz CT molecular complexity index is 585. The number of hydrogen-bond acceptors (Lipinski definition) is 3. The van der Waals surface area contributed by atoms with Gasteiger partial charge in [-0.05, 0) is 18.2 Å². The van der Waals surface area contributed by atoms with Crippen LogP contribution in [0.4, 0.5) is 4.39 Å². The first-order chi connectivity index (χ1) is 9.82. The summed E-state index contributed by atoms with van der Waals surface area (Å²) in [5.74, 6) is -1.69. The molecule has 0 aromatic heterocycles. The molecule has 1 aliphatic heterocycles. The van der Waals surface area contributed by atoms with Crippen molar-refractivity contribution in [3.63, 3.8) is 0 Å². The first kappa shape index (κ1) is 16.0. The second kappa shape index (κ2) is 6.19. The van der Waals surface area contributed by atoms with E-state index in [0.29, 0.717) is 10.8 Å². The minimum Gasteiger partial charge on any atom is -0.482 e. The number of amides is 1. The van der Waals surface area contributed by atoms with Crippen LogP contribution in [-0.2, 0) is 9.59 Å². The number of halogens is 3. The van der Waals surface area contributed by atoms with Crippen LogP contribution in [0.15, 0.2) is 22.7 Å². The molecule has 1 amide bonds. The molecule has 8 heteroatoms. The van der Waals surface area contributed by atoms with Gasteiger partial charge in [-0.2, -0.15) is 0 Å². The molecule has 1 atom stereocenters. The lowest BCUT2D eigenvalue weighted by atomic mass is 10.1. The number of aliphatic carboxylic acids is 1. The van der Waals surface area contributed by atoms with Gasteiger partial charge in [-0.1, -0.05) is 27.5 Å². The summed E-state index contributed by atoms with van der Waals surface area (Å²) in [5, 5.41) is 9.11. The summed E-state index contributed by atoms with van der Waals surface area (Å²) < 4.78 is 19.9. The van der Waals surface area contributed by atoms with E-state index in [2.05, 4.69) is 15.9 Å². The van der Waals surface area contributed by atoms with E-state index >= 15 is 0 Å². The standard InChI is InChI=1S/C13H12BrClFNO4/c14-8-1-2-10(9(15)5-8)21-6-11(18)17-4-3-13(16,7-17)12(19)20/h1-2,5H,3-4,6-7H2,(H,19,20). The number of ether oxygens (including phenoxy) is 1. The Kier molecular flexibility index (Phi) is 4.73. The van der Waals surface area contributed by atoms with Crippen molar-refractivity contribution < 1.29 is 23.8 Å². The summed E-state index contributed by atoms with van der Waals surface area (Å²) >= 11 is 9.19. The molecule has 0 saturated carbocycles. The molecule has 1 aromatic carbocycles. The van der Waals surface area contributed by atoms with Crippen LogP contribution in [0.1, 0.15) is 6.42 Å². The predicted octanol–water partition coefficient (Wildman–Crippen LogP) is 2.51. The molecule has 2 rings (SSSR count). The second-order valence-corrected chi connectivity index (χ2v) is 6.02. The summed E-state index contributed by atoms with van der Waals surface area (Å²) in [6, 6.07) is 4.92. The summed E-state index contributed by atoms with van der Waals surface area (Å²) in [7, 11) is 0. The fraction of sp³-hybridized carbons (Fsp3) is 0.385. The number of hydrogen-bond donors (Lipinski definition) is 1. The highest BCUT2D eigenvalue weighted by Gasteiger charge is 2.46. The van der Waals surface area contributed by atoms with Gasteiger partial charge in [-0.3, -0.25) is 4.79 Å². The van der Waals surface area contributed by atoms with Crippen LogP contribution in [0.25, 0.3) is 0 Å². The molecule has 1 aliphatic rings. The lowest BCUT2D eigenvalue weighted by molar-refractivity contribution is -0.150. The maximum absolute atomic E-state index is 13.9. The molecular weight excluding hydrogens is 369 g/mol. The van der Waals surface area contributed by atoms with Crippen molar-refractivity contribution >= 4 is 39.4 Å². The van der Waals surface area contributed by atoms with Gasteiger partial charge < -0.3 is 14.7 Å². The maximum atomic E-state index is 13.9. The maximum Gasteiger partial charge on any atom is 0.343 e. The Balaban J connectivity index is 1.93. The number of carboxylic acids is 1. The molecule has 21 heavy (non-hydrogen) atoms. The van der Waals surface area contributed by atoms with Crippen LogP contribution >= 0.6 is 27.5 Å². The van der Waals surface area contributed by atoms with Crippen molar-refractivity contribution in [2.24, 2.45) is 0 Å². The van der Waals surface area contributed by atoms with E-state index < -0.39 is 24.1 Å². The lowest BCUT2D eigenvalue weighted by Gasteiger charge is -2.18. The van der Waals surface area contributed by atoms with E-state index in [1.807, 2.05) is 0 Å². The normalized spacial score (nSPS) is 21.4. The highest BCUT2D eigenvalue weighted by Crippen LogP contribution is 2.29. The van der Waals surface area contributed by atoms with E-state index in [-0.39, 0.29) is 19.6 Å². The van der Waals surface area contributed by atoms with Gasteiger partial charge in [0.15, 0.2) is 6.61 Å². The minimum atomic E-state index is -2.37.